The average Bonchev–Trinajstić information content (AvgIpc) is 2.39. The number of amides is 1. The lowest BCUT2D eigenvalue weighted by Gasteiger charge is -2.38. The van der Waals surface area contributed by atoms with Crippen LogP contribution in [0.1, 0.15) is 55.6 Å². The Bertz CT molecular complexity index is 481. The van der Waals surface area contributed by atoms with Gasteiger partial charge in [-0.05, 0) is 43.7 Å². The van der Waals surface area contributed by atoms with Gasteiger partial charge in [0, 0.05) is 24.3 Å². The third kappa shape index (κ3) is 3.71. The first-order chi connectivity index (χ1) is 9.52. The molecule has 0 bridgehead atoms. The van der Waals surface area contributed by atoms with E-state index in [2.05, 4.69) is 29.5 Å². The molecule has 0 radical (unpaired) electrons. The monoisotopic (exact) mass is 275 g/mol. The first kappa shape index (κ1) is 14.8. The molecule has 2 N–H and O–H groups in total. The molecule has 1 aromatic heterocycles. The maximum atomic E-state index is 12.2. The maximum Gasteiger partial charge on any atom is 0.251 e. The van der Waals surface area contributed by atoms with E-state index in [1.54, 1.807) is 0 Å². The number of hydrogen-bond acceptors (Lipinski definition) is 3. The van der Waals surface area contributed by atoms with Crippen molar-refractivity contribution in [3.8, 4) is 0 Å². The first-order valence-corrected chi connectivity index (χ1v) is 7.53. The van der Waals surface area contributed by atoms with E-state index in [-0.39, 0.29) is 5.91 Å². The van der Waals surface area contributed by atoms with Gasteiger partial charge < -0.3 is 10.6 Å². The highest BCUT2D eigenvalue weighted by atomic mass is 16.1. The Morgan fingerprint density at radius 2 is 2.15 bits per heavy atom. The summed E-state index contributed by atoms with van der Waals surface area (Å²) in [5.74, 6) is 0.787. The summed E-state index contributed by atoms with van der Waals surface area (Å²) in [5.41, 5.74) is 1.87. The molecule has 1 aromatic rings. The maximum absolute atomic E-state index is 12.2. The molecule has 2 rings (SSSR count). The van der Waals surface area contributed by atoms with E-state index in [0.717, 1.165) is 31.0 Å². The Labute approximate surface area is 121 Å². The third-order valence-corrected chi connectivity index (χ3v) is 4.01. The van der Waals surface area contributed by atoms with Gasteiger partial charge in [0.25, 0.3) is 5.91 Å². The SMILES string of the molecule is CCCNc1cc(C(=O)NCC2(C)CCC2)cc(C)n1. The largest absolute Gasteiger partial charge is 0.370 e. The van der Waals surface area contributed by atoms with E-state index in [1.165, 1.54) is 19.3 Å². The zero-order valence-electron chi connectivity index (χ0n) is 12.8. The summed E-state index contributed by atoms with van der Waals surface area (Å²) in [4.78, 5) is 16.6. The lowest BCUT2D eigenvalue weighted by atomic mass is 9.70. The first-order valence-electron chi connectivity index (χ1n) is 7.53. The fourth-order valence-electron chi connectivity index (χ4n) is 2.50. The zero-order valence-corrected chi connectivity index (χ0v) is 12.8. The number of nitrogens with one attached hydrogen (secondary N) is 2. The molecule has 0 unspecified atom stereocenters. The van der Waals surface area contributed by atoms with Crippen molar-refractivity contribution in [3.05, 3.63) is 23.4 Å². The Hall–Kier alpha value is -1.58. The lowest BCUT2D eigenvalue weighted by molar-refractivity contribution is 0.0890. The molecule has 0 saturated heterocycles. The number of carbonyl (C=O) groups is 1. The van der Waals surface area contributed by atoms with Crippen LogP contribution in [0.25, 0.3) is 0 Å². The van der Waals surface area contributed by atoms with Crippen molar-refractivity contribution in [2.24, 2.45) is 5.41 Å². The predicted molar refractivity (Wildman–Crippen MR) is 82.0 cm³/mol. The molecule has 4 nitrogen and oxygen atoms in total. The number of carbonyl (C=O) groups excluding carboxylic acids is 1. The molecular weight excluding hydrogens is 250 g/mol. The fraction of sp³-hybridized carbons (Fsp3) is 0.625. The van der Waals surface area contributed by atoms with Gasteiger partial charge in [0.2, 0.25) is 0 Å². The summed E-state index contributed by atoms with van der Waals surface area (Å²) in [7, 11) is 0. The van der Waals surface area contributed by atoms with Gasteiger partial charge >= 0.3 is 0 Å². The molecular formula is C16H25N3O. The number of aromatic nitrogens is 1. The second-order valence-corrected chi connectivity index (χ2v) is 6.16. The molecule has 0 atom stereocenters. The summed E-state index contributed by atoms with van der Waals surface area (Å²) in [6.07, 6.45) is 4.75. The molecule has 1 aliphatic rings. The summed E-state index contributed by atoms with van der Waals surface area (Å²) in [6, 6.07) is 3.68. The van der Waals surface area contributed by atoms with Crippen molar-refractivity contribution < 1.29 is 4.79 Å². The summed E-state index contributed by atoms with van der Waals surface area (Å²) in [5, 5.41) is 6.29. The van der Waals surface area contributed by atoms with Gasteiger partial charge in [-0.15, -0.1) is 0 Å². The molecule has 0 spiro atoms. The van der Waals surface area contributed by atoms with E-state index in [4.69, 9.17) is 0 Å². The minimum atomic E-state index is 0.00294. The quantitative estimate of drug-likeness (QED) is 0.838. The molecule has 1 aliphatic carbocycles. The molecule has 0 aliphatic heterocycles. The number of pyridine rings is 1. The molecule has 1 heterocycles. The van der Waals surface area contributed by atoms with Crippen molar-refractivity contribution in [1.29, 1.82) is 0 Å². The highest BCUT2D eigenvalue weighted by Gasteiger charge is 2.31. The summed E-state index contributed by atoms with van der Waals surface area (Å²) in [6.45, 7) is 7.90. The van der Waals surface area contributed by atoms with Gasteiger partial charge in [-0.25, -0.2) is 4.98 Å². The normalized spacial score (nSPS) is 16.4. The average molecular weight is 275 g/mol. The van der Waals surface area contributed by atoms with E-state index >= 15 is 0 Å². The number of hydrogen-bond donors (Lipinski definition) is 2. The van der Waals surface area contributed by atoms with Crippen LogP contribution in [-0.4, -0.2) is 24.0 Å². The van der Waals surface area contributed by atoms with Crippen LogP contribution in [-0.2, 0) is 0 Å². The second-order valence-electron chi connectivity index (χ2n) is 6.16. The second kappa shape index (κ2) is 6.25. The van der Waals surface area contributed by atoms with Crippen LogP contribution in [0.2, 0.25) is 0 Å². The molecule has 1 amide bonds. The van der Waals surface area contributed by atoms with Gasteiger partial charge in [0.1, 0.15) is 5.82 Å². The van der Waals surface area contributed by atoms with Gasteiger partial charge in [-0.1, -0.05) is 20.3 Å². The smallest absolute Gasteiger partial charge is 0.251 e. The third-order valence-electron chi connectivity index (χ3n) is 4.01. The predicted octanol–water partition coefficient (Wildman–Crippen LogP) is 3.13. The lowest BCUT2D eigenvalue weighted by Crippen LogP contribution is -2.40. The van der Waals surface area contributed by atoms with Crippen LogP contribution in [0.5, 0.6) is 0 Å². The van der Waals surface area contributed by atoms with Crippen LogP contribution in [0.15, 0.2) is 12.1 Å². The van der Waals surface area contributed by atoms with E-state index < -0.39 is 0 Å². The highest BCUT2D eigenvalue weighted by Crippen LogP contribution is 2.39. The molecule has 0 aromatic carbocycles. The van der Waals surface area contributed by atoms with Crippen molar-refractivity contribution >= 4 is 11.7 Å². The summed E-state index contributed by atoms with van der Waals surface area (Å²) < 4.78 is 0. The van der Waals surface area contributed by atoms with Gasteiger partial charge in [-0.2, -0.15) is 0 Å². The topological polar surface area (TPSA) is 54.0 Å². The van der Waals surface area contributed by atoms with Crippen LogP contribution in [0.4, 0.5) is 5.82 Å². The Kier molecular flexibility index (Phi) is 4.63. The van der Waals surface area contributed by atoms with Crippen molar-refractivity contribution in [3.63, 3.8) is 0 Å². The van der Waals surface area contributed by atoms with Crippen molar-refractivity contribution in [2.75, 3.05) is 18.4 Å². The van der Waals surface area contributed by atoms with E-state index in [9.17, 15) is 4.79 Å². The Morgan fingerprint density at radius 3 is 2.75 bits per heavy atom. The summed E-state index contributed by atoms with van der Waals surface area (Å²) >= 11 is 0. The number of anilines is 1. The fourth-order valence-corrected chi connectivity index (χ4v) is 2.50. The van der Waals surface area contributed by atoms with Gasteiger partial charge in [0.15, 0.2) is 0 Å². The minimum absolute atomic E-state index is 0.00294. The van der Waals surface area contributed by atoms with E-state index in [1.807, 2.05) is 19.1 Å². The number of rotatable bonds is 6. The molecule has 1 fully saturated rings. The van der Waals surface area contributed by atoms with Crippen LogP contribution < -0.4 is 10.6 Å². The molecule has 110 valence electrons. The molecule has 4 heteroatoms. The van der Waals surface area contributed by atoms with Crippen LogP contribution in [0, 0.1) is 12.3 Å². The molecule has 1 saturated carbocycles. The Balaban J connectivity index is 1.99. The highest BCUT2D eigenvalue weighted by molar-refractivity contribution is 5.95. The number of nitrogens with zero attached hydrogens (tertiary/aromatic N) is 1. The van der Waals surface area contributed by atoms with E-state index in [0.29, 0.717) is 11.0 Å². The molecule has 20 heavy (non-hydrogen) atoms. The minimum Gasteiger partial charge on any atom is -0.370 e. The Morgan fingerprint density at radius 1 is 1.40 bits per heavy atom. The van der Waals surface area contributed by atoms with Crippen LogP contribution in [0.3, 0.4) is 0 Å². The number of aryl methyl sites for hydroxylation is 1. The van der Waals surface area contributed by atoms with Gasteiger partial charge in [-0.3, -0.25) is 4.79 Å². The zero-order chi connectivity index (χ0) is 14.6. The van der Waals surface area contributed by atoms with Crippen LogP contribution >= 0.6 is 0 Å². The van der Waals surface area contributed by atoms with Crippen molar-refractivity contribution in [1.82, 2.24) is 10.3 Å². The standard InChI is InChI=1S/C16H25N3O/c1-4-8-17-14-10-13(9-12(2)19-14)15(20)18-11-16(3)6-5-7-16/h9-10H,4-8,11H2,1-3H3,(H,17,19)(H,18,20). The van der Waals surface area contributed by atoms with Crippen molar-refractivity contribution in [2.45, 2.75) is 46.5 Å². The van der Waals surface area contributed by atoms with Gasteiger partial charge in [0.05, 0.1) is 0 Å².